The number of imidazole rings is 1. The third-order valence-corrected chi connectivity index (χ3v) is 3.37. The van der Waals surface area contributed by atoms with Crippen LogP contribution >= 0.6 is 0 Å². The van der Waals surface area contributed by atoms with E-state index in [1.165, 1.54) is 5.56 Å². The molecule has 0 amide bonds. The van der Waals surface area contributed by atoms with Gasteiger partial charge in [-0.15, -0.1) is 0 Å². The summed E-state index contributed by atoms with van der Waals surface area (Å²) in [6, 6.07) is 0.653. The first-order valence-corrected chi connectivity index (χ1v) is 6.28. The van der Waals surface area contributed by atoms with E-state index in [4.69, 9.17) is 0 Å². The molecule has 18 heavy (non-hydrogen) atoms. The lowest BCUT2D eigenvalue weighted by atomic mass is 10.2. The van der Waals surface area contributed by atoms with E-state index in [1.54, 1.807) is 0 Å². The smallest absolute Gasteiger partial charge is 0.122 e. The Morgan fingerprint density at radius 2 is 2.17 bits per heavy atom. The van der Waals surface area contributed by atoms with Crippen LogP contribution in [0.2, 0.25) is 0 Å². The van der Waals surface area contributed by atoms with Crippen LogP contribution in [0.1, 0.15) is 31.3 Å². The Morgan fingerprint density at radius 3 is 2.72 bits per heavy atom. The van der Waals surface area contributed by atoms with Crippen molar-refractivity contribution in [1.82, 2.24) is 24.6 Å². The van der Waals surface area contributed by atoms with Crippen molar-refractivity contribution in [2.75, 3.05) is 0 Å². The largest absolute Gasteiger partial charge is 0.337 e. The molecular formula is C13H21N5. The van der Waals surface area contributed by atoms with Crippen molar-refractivity contribution in [3.63, 3.8) is 0 Å². The van der Waals surface area contributed by atoms with Crippen molar-refractivity contribution < 1.29 is 0 Å². The molecule has 0 saturated carbocycles. The van der Waals surface area contributed by atoms with Crippen molar-refractivity contribution in [2.45, 2.75) is 39.4 Å². The second kappa shape index (κ2) is 5.35. The first kappa shape index (κ1) is 12.8. The highest BCUT2D eigenvalue weighted by Crippen LogP contribution is 2.11. The van der Waals surface area contributed by atoms with Gasteiger partial charge < -0.3 is 9.88 Å². The van der Waals surface area contributed by atoms with Gasteiger partial charge in [-0.3, -0.25) is 4.68 Å². The molecule has 2 heterocycles. The van der Waals surface area contributed by atoms with Gasteiger partial charge in [0.05, 0.1) is 18.8 Å². The van der Waals surface area contributed by atoms with Gasteiger partial charge in [0.1, 0.15) is 5.82 Å². The molecule has 0 unspecified atom stereocenters. The summed E-state index contributed by atoms with van der Waals surface area (Å²) in [4.78, 5) is 4.30. The average molecular weight is 247 g/mol. The van der Waals surface area contributed by atoms with Crippen molar-refractivity contribution in [1.29, 1.82) is 0 Å². The summed E-state index contributed by atoms with van der Waals surface area (Å²) in [6.45, 7) is 7.17. The van der Waals surface area contributed by atoms with Gasteiger partial charge in [0.15, 0.2) is 0 Å². The van der Waals surface area contributed by atoms with E-state index in [-0.39, 0.29) is 0 Å². The van der Waals surface area contributed by atoms with Crippen LogP contribution in [0.15, 0.2) is 24.8 Å². The molecule has 0 aliphatic rings. The van der Waals surface area contributed by atoms with Gasteiger partial charge in [0.25, 0.3) is 0 Å². The molecule has 5 heteroatoms. The zero-order chi connectivity index (χ0) is 13.1. The van der Waals surface area contributed by atoms with E-state index < -0.39 is 0 Å². The van der Waals surface area contributed by atoms with Crippen LogP contribution < -0.4 is 5.32 Å². The molecule has 0 bridgehead atoms. The standard InChI is InChI=1S/C13H21N5/c1-10-7-16-18(9-10)12(3)11(2)15-8-13-14-5-6-17(13)4/h5-7,9,11-12,15H,8H2,1-4H3/t11-,12-/m1/s1. The number of nitrogens with zero attached hydrogens (tertiary/aromatic N) is 4. The van der Waals surface area contributed by atoms with Gasteiger partial charge in [-0.25, -0.2) is 4.98 Å². The van der Waals surface area contributed by atoms with Crippen LogP contribution in [-0.4, -0.2) is 25.4 Å². The third-order valence-electron chi connectivity index (χ3n) is 3.37. The quantitative estimate of drug-likeness (QED) is 0.874. The molecular weight excluding hydrogens is 226 g/mol. The van der Waals surface area contributed by atoms with E-state index in [1.807, 2.05) is 34.9 Å². The monoisotopic (exact) mass is 247 g/mol. The Morgan fingerprint density at radius 1 is 1.39 bits per heavy atom. The van der Waals surface area contributed by atoms with E-state index >= 15 is 0 Å². The first-order valence-electron chi connectivity index (χ1n) is 6.28. The Hall–Kier alpha value is -1.62. The van der Waals surface area contributed by atoms with Crippen LogP contribution in [0.5, 0.6) is 0 Å². The topological polar surface area (TPSA) is 47.7 Å². The fourth-order valence-corrected chi connectivity index (χ4v) is 1.87. The van der Waals surface area contributed by atoms with E-state index in [0.29, 0.717) is 12.1 Å². The minimum Gasteiger partial charge on any atom is -0.337 e. The van der Waals surface area contributed by atoms with Crippen molar-refractivity contribution >= 4 is 0 Å². The van der Waals surface area contributed by atoms with Gasteiger partial charge in [-0.2, -0.15) is 5.10 Å². The van der Waals surface area contributed by atoms with Gasteiger partial charge in [0.2, 0.25) is 0 Å². The maximum absolute atomic E-state index is 4.36. The SMILES string of the molecule is Cc1cnn([C@H](C)[C@@H](C)NCc2nccn2C)c1. The van der Waals surface area contributed by atoms with Crippen LogP contribution in [0, 0.1) is 6.92 Å². The molecule has 0 saturated heterocycles. The van der Waals surface area contributed by atoms with Crippen molar-refractivity contribution in [3.05, 3.63) is 36.2 Å². The lowest BCUT2D eigenvalue weighted by molar-refractivity contribution is 0.361. The number of nitrogens with one attached hydrogen (secondary N) is 1. The number of aromatic nitrogens is 4. The van der Waals surface area contributed by atoms with E-state index in [2.05, 4.69) is 42.4 Å². The maximum Gasteiger partial charge on any atom is 0.122 e. The van der Waals surface area contributed by atoms with Gasteiger partial charge in [-0.1, -0.05) is 0 Å². The molecule has 0 spiro atoms. The van der Waals surface area contributed by atoms with Crippen LogP contribution in [0.4, 0.5) is 0 Å². The fraction of sp³-hybridized carbons (Fsp3) is 0.538. The number of hydrogen-bond donors (Lipinski definition) is 1. The second-order valence-electron chi connectivity index (χ2n) is 4.86. The van der Waals surface area contributed by atoms with Gasteiger partial charge in [0, 0.05) is 31.7 Å². The molecule has 0 radical (unpaired) electrons. The average Bonchev–Trinajstić information content (AvgIpc) is 2.94. The lowest BCUT2D eigenvalue weighted by Gasteiger charge is -2.21. The second-order valence-corrected chi connectivity index (χ2v) is 4.86. The molecule has 0 aliphatic heterocycles. The summed E-state index contributed by atoms with van der Waals surface area (Å²) in [7, 11) is 2.01. The van der Waals surface area contributed by atoms with Crippen LogP contribution in [-0.2, 0) is 13.6 Å². The summed E-state index contributed by atoms with van der Waals surface area (Å²) in [5, 5.41) is 7.84. The Balaban J connectivity index is 1.92. The molecule has 0 fully saturated rings. The summed E-state index contributed by atoms with van der Waals surface area (Å²) in [6.07, 6.45) is 7.75. The molecule has 98 valence electrons. The highest BCUT2D eigenvalue weighted by Gasteiger charge is 2.14. The molecule has 5 nitrogen and oxygen atoms in total. The van der Waals surface area contributed by atoms with Crippen LogP contribution in [0.25, 0.3) is 0 Å². The lowest BCUT2D eigenvalue weighted by Crippen LogP contribution is -2.34. The summed E-state index contributed by atoms with van der Waals surface area (Å²) in [5.41, 5.74) is 1.19. The van der Waals surface area contributed by atoms with Gasteiger partial charge in [-0.05, 0) is 26.3 Å². The summed E-state index contributed by atoms with van der Waals surface area (Å²) >= 11 is 0. The van der Waals surface area contributed by atoms with Gasteiger partial charge >= 0.3 is 0 Å². The number of rotatable bonds is 5. The first-order chi connectivity index (χ1) is 8.58. The number of aryl methyl sites for hydroxylation is 2. The molecule has 2 aromatic heterocycles. The minimum absolute atomic E-state index is 0.318. The molecule has 2 aromatic rings. The Kier molecular flexibility index (Phi) is 3.81. The van der Waals surface area contributed by atoms with E-state index in [0.717, 1.165) is 12.4 Å². The predicted octanol–water partition coefficient (Wildman–Crippen LogP) is 1.66. The van der Waals surface area contributed by atoms with E-state index in [9.17, 15) is 0 Å². The normalized spacial score (nSPS) is 14.7. The minimum atomic E-state index is 0.318. The molecule has 0 aliphatic carbocycles. The predicted molar refractivity (Wildman–Crippen MR) is 71.2 cm³/mol. The van der Waals surface area contributed by atoms with Crippen molar-refractivity contribution in [2.24, 2.45) is 7.05 Å². The fourth-order valence-electron chi connectivity index (χ4n) is 1.87. The highest BCUT2D eigenvalue weighted by molar-refractivity contribution is 5.01. The zero-order valence-electron chi connectivity index (χ0n) is 11.5. The Bertz CT molecular complexity index is 499. The Labute approximate surface area is 108 Å². The summed E-state index contributed by atoms with van der Waals surface area (Å²) in [5.74, 6) is 1.05. The van der Waals surface area contributed by atoms with Crippen LogP contribution in [0.3, 0.4) is 0 Å². The third kappa shape index (κ3) is 2.79. The molecule has 0 aromatic carbocycles. The highest BCUT2D eigenvalue weighted by atomic mass is 15.3. The molecule has 2 rings (SSSR count). The number of hydrogen-bond acceptors (Lipinski definition) is 3. The molecule has 2 atom stereocenters. The summed E-state index contributed by atoms with van der Waals surface area (Å²) < 4.78 is 4.04. The molecule has 1 N–H and O–H groups in total. The van der Waals surface area contributed by atoms with Crippen molar-refractivity contribution in [3.8, 4) is 0 Å². The zero-order valence-corrected chi connectivity index (χ0v) is 11.5. The maximum atomic E-state index is 4.36.